The number of carbonyl (C=O) groups excluding carboxylic acids is 1. The van der Waals surface area contributed by atoms with Crippen molar-refractivity contribution in [1.82, 2.24) is 19.6 Å². The quantitative estimate of drug-likeness (QED) is 0.685. The van der Waals surface area contributed by atoms with Crippen LogP contribution in [0.15, 0.2) is 18.2 Å². The summed E-state index contributed by atoms with van der Waals surface area (Å²) < 4.78 is 2.04. The first-order valence-corrected chi connectivity index (χ1v) is 11.5. The van der Waals surface area contributed by atoms with Gasteiger partial charge < -0.3 is 15.1 Å². The van der Waals surface area contributed by atoms with Crippen molar-refractivity contribution in [1.29, 1.82) is 0 Å². The Labute approximate surface area is 174 Å². The number of hydrogen-bond donors (Lipinski definition) is 1. The van der Waals surface area contributed by atoms with Crippen LogP contribution in [0.2, 0.25) is 0 Å². The molecule has 0 saturated carbocycles. The van der Waals surface area contributed by atoms with E-state index in [1.165, 1.54) is 6.42 Å². The first-order valence-electron chi connectivity index (χ1n) is 11.5. The molecule has 2 bridgehead atoms. The van der Waals surface area contributed by atoms with Gasteiger partial charge in [0.25, 0.3) is 5.91 Å². The Hall–Kier alpha value is -2.08. The van der Waals surface area contributed by atoms with E-state index in [0.717, 1.165) is 88.0 Å². The van der Waals surface area contributed by atoms with Gasteiger partial charge in [-0.3, -0.25) is 9.48 Å². The lowest BCUT2D eigenvalue weighted by Gasteiger charge is -2.31. The molecule has 4 heterocycles. The average molecular weight is 398 g/mol. The van der Waals surface area contributed by atoms with Crippen molar-refractivity contribution in [2.45, 2.75) is 65.0 Å². The van der Waals surface area contributed by atoms with Gasteiger partial charge in [-0.25, -0.2) is 0 Å². The van der Waals surface area contributed by atoms with Crippen molar-refractivity contribution in [3.63, 3.8) is 0 Å². The van der Waals surface area contributed by atoms with Crippen LogP contribution in [-0.2, 0) is 6.54 Å². The van der Waals surface area contributed by atoms with E-state index >= 15 is 0 Å². The summed E-state index contributed by atoms with van der Waals surface area (Å²) in [5, 5.41) is 9.33. The summed E-state index contributed by atoms with van der Waals surface area (Å²) in [5.74, 6) is 0.115. The molecule has 0 radical (unpaired) electrons. The Morgan fingerprint density at radius 2 is 1.90 bits per heavy atom. The molecular weight excluding hydrogens is 362 g/mol. The van der Waals surface area contributed by atoms with E-state index in [9.17, 15) is 4.79 Å². The first kappa shape index (κ1) is 20.2. The maximum absolute atomic E-state index is 13.6. The third-order valence-corrected chi connectivity index (χ3v) is 6.45. The zero-order valence-electron chi connectivity index (χ0n) is 18.0. The number of amides is 1. The van der Waals surface area contributed by atoms with E-state index in [1.54, 1.807) is 0 Å². The number of aromatic nitrogens is 2. The van der Waals surface area contributed by atoms with Crippen molar-refractivity contribution < 1.29 is 4.79 Å². The number of rotatable bonds is 8. The Kier molecular flexibility index (Phi) is 6.38. The van der Waals surface area contributed by atoms with Gasteiger partial charge in [-0.1, -0.05) is 26.7 Å². The zero-order chi connectivity index (χ0) is 20.2. The van der Waals surface area contributed by atoms with E-state index < -0.39 is 0 Å². The molecule has 6 heteroatoms. The van der Waals surface area contributed by atoms with E-state index in [4.69, 9.17) is 5.10 Å². The summed E-state index contributed by atoms with van der Waals surface area (Å²) in [6.45, 7) is 10.2. The summed E-state index contributed by atoms with van der Waals surface area (Å²) in [6, 6.07) is 6.75. The van der Waals surface area contributed by atoms with Crippen LogP contribution >= 0.6 is 0 Å². The molecule has 29 heavy (non-hydrogen) atoms. The van der Waals surface area contributed by atoms with Crippen LogP contribution in [0.4, 0.5) is 5.69 Å². The third-order valence-electron chi connectivity index (χ3n) is 6.45. The van der Waals surface area contributed by atoms with Crippen LogP contribution < -0.4 is 5.32 Å². The van der Waals surface area contributed by atoms with Crippen molar-refractivity contribution >= 4 is 22.5 Å². The largest absolute Gasteiger partial charge is 0.385 e. The summed E-state index contributed by atoms with van der Waals surface area (Å²) in [5.41, 5.74) is 2.79. The van der Waals surface area contributed by atoms with Crippen LogP contribution in [0.25, 0.3) is 10.9 Å². The van der Waals surface area contributed by atoms with Gasteiger partial charge in [0.15, 0.2) is 5.69 Å². The first-order chi connectivity index (χ1) is 14.2. The molecule has 1 amide bonds. The summed E-state index contributed by atoms with van der Waals surface area (Å²) in [4.78, 5) is 18.2. The number of fused-ring (bicyclic) bond motifs is 5. The second-order valence-electron chi connectivity index (χ2n) is 8.51. The normalized spacial score (nSPS) is 21.5. The smallest absolute Gasteiger partial charge is 0.275 e. The van der Waals surface area contributed by atoms with Crippen molar-refractivity contribution in [2.24, 2.45) is 0 Å². The van der Waals surface area contributed by atoms with E-state index in [1.807, 2.05) is 4.68 Å². The molecule has 1 aromatic carbocycles. The fraction of sp³-hybridized carbons (Fsp3) is 0.652. The summed E-state index contributed by atoms with van der Waals surface area (Å²) >= 11 is 0. The van der Waals surface area contributed by atoms with Gasteiger partial charge in [-0.2, -0.15) is 5.10 Å². The summed E-state index contributed by atoms with van der Waals surface area (Å²) in [7, 11) is 0. The number of anilines is 1. The number of nitrogens with one attached hydrogen (secondary N) is 1. The Balaban J connectivity index is 1.66. The molecule has 158 valence electrons. The zero-order valence-corrected chi connectivity index (χ0v) is 18.0. The highest BCUT2D eigenvalue weighted by Crippen LogP contribution is 2.28. The fourth-order valence-corrected chi connectivity index (χ4v) is 4.62. The topological polar surface area (TPSA) is 53.4 Å². The van der Waals surface area contributed by atoms with Crippen molar-refractivity contribution in [3.05, 3.63) is 23.9 Å². The third kappa shape index (κ3) is 4.27. The van der Waals surface area contributed by atoms with Gasteiger partial charge in [-0.05, 0) is 43.9 Å². The molecular formula is C23H35N5O. The van der Waals surface area contributed by atoms with Crippen LogP contribution in [0.1, 0.15) is 62.9 Å². The number of nitrogens with zero attached hydrogens (tertiary/aromatic N) is 4. The highest BCUT2D eigenvalue weighted by Gasteiger charge is 2.34. The van der Waals surface area contributed by atoms with Gasteiger partial charge in [0.2, 0.25) is 0 Å². The molecule has 5 rings (SSSR count). The lowest BCUT2D eigenvalue weighted by atomic mass is 10.0. The van der Waals surface area contributed by atoms with Gasteiger partial charge >= 0.3 is 0 Å². The number of unbranched alkanes of at least 4 members (excludes halogenated alkanes) is 2. The minimum absolute atomic E-state index is 0.115. The SMILES string of the molecule is CCCCNc1ccc2c(c1)c(C(=O)N1CCN3CCC1CC3)nn2CCCC. The Morgan fingerprint density at radius 3 is 2.66 bits per heavy atom. The predicted octanol–water partition coefficient (Wildman–Crippen LogP) is 3.97. The van der Waals surface area contributed by atoms with Gasteiger partial charge in [-0.15, -0.1) is 0 Å². The molecule has 0 atom stereocenters. The molecule has 1 aromatic heterocycles. The molecule has 3 aliphatic heterocycles. The molecule has 3 aliphatic rings. The fourth-order valence-electron chi connectivity index (χ4n) is 4.62. The standard InChI is InChI=1S/C23H35N5O/c1-3-5-11-24-18-7-8-21-20(17-18)22(25-28(21)12-6-4-2)23(29)27-16-15-26-13-9-19(27)10-14-26/h7-8,17,19,24H,3-6,9-16H2,1-2H3. The monoisotopic (exact) mass is 397 g/mol. The van der Waals surface area contributed by atoms with Gasteiger partial charge in [0.1, 0.15) is 0 Å². The average Bonchev–Trinajstić information content (AvgIpc) is 2.87. The maximum Gasteiger partial charge on any atom is 0.275 e. The molecule has 2 aromatic rings. The number of hydrogen-bond acceptors (Lipinski definition) is 4. The van der Waals surface area contributed by atoms with Crippen LogP contribution in [-0.4, -0.2) is 64.3 Å². The molecule has 0 unspecified atom stereocenters. The highest BCUT2D eigenvalue weighted by atomic mass is 16.2. The molecule has 3 saturated heterocycles. The van der Waals surface area contributed by atoms with E-state index in [0.29, 0.717) is 11.7 Å². The number of piperidine rings is 1. The Morgan fingerprint density at radius 1 is 1.10 bits per heavy atom. The Bertz CT molecular complexity index is 837. The number of aryl methyl sites for hydroxylation is 1. The van der Waals surface area contributed by atoms with Crippen molar-refractivity contribution in [3.8, 4) is 0 Å². The summed E-state index contributed by atoms with van der Waals surface area (Å²) in [6.07, 6.45) is 6.68. The maximum atomic E-state index is 13.6. The van der Waals surface area contributed by atoms with Crippen LogP contribution in [0, 0.1) is 0 Å². The van der Waals surface area contributed by atoms with Gasteiger partial charge in [0, 0.05) is 56.4 Å². The molecule has 6 nitrogen and oxygen atoms in total. The second kappa shape index (κ2) is 9.16. The lowest BCUT2D eigenvalue weighted by molar-refractivity contribution is 0.0679. The number of benzene rings is 1. The molecule has 0 spiro atoms. The predicted molar refractivity (Wildman–Crippen MR) is 119 cm³/mol. The minimum atomic E-state index is 0.115. The van der Waals surface area contributed by atoms with Gasteiger partial charge in [0.05, 0.1) is 5.52 Å². The van der Waals surface area contributed by atoms with Crippen molar-refractivity contribution in [2.75, 3.05) is 38.0 Å². The van der Waals surface area contributed by atoms with E-state index in [2.05, 4.69) is 47.2 Å². The van der Waals surface area contributed by atoms with E-state index in [-0.39, 0.29) is 5.91 Å². The van der Waals surface area contributed by atoms with Crippen LogP contribution in [0.3, 0.4) is 0 Å². The number of carbonyl (C=O) groups is 1. The molecule has 3 fully saturated rings. The lowest BCUT2D eigenvalue weighted by Crippen LogP contribution is -2.41. The second-order valence-corrected chi connectivity index (χ2v) is 8.51. The molecule has 1 N–H and O–H groups in total. The minimum Gasteiger partial charge on any atom is -0.385 e. The molecule has 0 aliphatic carbocycles. The highest BCUT2D eigenvalue weighted by molar-refractivity contribution is 6.05. The van der Waals surface area contributed by atoms with Crippen LogP contribution in [0.5, 0.6) is 0 Å².